The number of ether oxygens (including phenoxy) is 6. The van der Waals surface area contributed by atoms with Crippen LogP contribution < -0.4 is 0 Å². The summed E-state index contributed by atoms with van der Waals surface area (Å²) in [6.45, 7) is 5.05. The Bertz CT molecular complexity index is 762. The first-order valence-corrected chi connectivity index (χ1v) is 9.70. The Morgan fingerprint density at radius 1 is 0.806 bits per heavy atom. The Hall–Kier alpha value is -2.92. The fourth-order valence-corrected chi connectivity index (χ4v) is 3.12. The Morgan fingerprint density at radius 3 is 1.90 bits per heavy atom. The smallest absolute Gasteiger partial charge is 0.303 e. The van der Waals surface area contributed by atoms with Gasteiger partial charge < -0.3 is 33.0 Å². The van der Waals surface area contributed by atoms with E-state index in [9.17, 15) is 19.2 Å². The zero-order valence-electron chi connectivity index (χ0n) is 17.8. The second-order valence-corrected chi connectivity index (χ2v) is 6.86. The van der Waals surface area contributed by atoms with Gasteiger partial charge in [0.05, 0.1) is 6.61 Å². The first-order chi connectivity index (χ1) is 14.7. The lowest BCUT2D eigenvalue weighted by Crippen LogP contribution is -2.63. The molecule has 1 saturated heterocycles. The van der Waals surface area contributed by atoms with E-state index >= 15 is 0 Å². The summed E-state index contributed by atoms with van der Waals surface area (Å²) in [6.07, 6.45) is -2.17. The van der Waals surface area contributed by atoms with Gasteiger partial charge in [-0.3, -0.25) is 19.2 Å². The van der Waals surface area contributed by atoms with Crippen LogP contribution >= 0.6 is 0 Å². The number of nitrogens with zero attached hydrogens (tertiary/aromatic N) is 1. The summed E-state index contributed by atoms with van der Waals surface area (Å²) in [5, 5.41) is 0. The Labute approximate surface area is 179 Å². The van der Waals surface area contributed by atoms with Gasteiger partial charge in [-0.1, -0.05) is 0 Å². The second kappa shape index (κ2) is 11.5. The van der Waals surface area contributed by atoms with Crippen LogP contribution in [0.4, 0.5) is 0 Å². The molecule has 1 aliphatic rings. The van der Waals surface area contributed by atoms with E-state index in [0.29, 0.717) is 6.54 Å². The van der Waals surface area contributed by atoms with E-state index < -0.39 is 54.6 Å². The van der Waals surface area contributed by atoms with Crippen molar-refractivity contribution in [3.63, 3.8) is 0 Å². The molecule has 11 heteroatoms. The third-order valence-corrected chi connectivity index (χ3v) is 4.25. The minimum absolute atomic E-state index is 0.169. The molecule has 0 radical (unpaired) electrons. The number of hydrogen-bond acceptors (Lipinski definition) is 10. The Morgan fingerprint density at radius 2 is 1.35 bits per heavy atom. The van der Waals surface area contributed by atoms with Gasteiger partial charge in [0, 0.05) is 46.6 Å². The summed E-state index contributed by atoms with van der Waals surface area (Å²) in [4.78, 5) is 46.4. The van der Waals surface area contributed by atoms with E-state index in [0.717, 1.165) is 13.8 Å². The molecule has 3 unspecified atom stereocenters. The summed E-state index contributed by atoms with van der Waals surface area (Å²) in [5.41, 5.74) is 0. The van der Waals surface area contributed by atoms with Crippen LogP contribution in [0.15, 0.2) is 24.5 Å². The molecule has 0 bridgehead atoms. The first-order valence-electron chi connectivity index (χ1n) is 9.70. The summed E-state index contributed by atoms with van der Waals surface area (Å²) >= 11 is 0. The van der Waals surface area contributed by atoms with E-state index in [1.54, 1.807) is 0 Å². The van der Waals surface area contributed by atoms with Crippen molar-refractivity contribution in [1.29, 1.82) is 0 Å². The van der Waals surface area contributed by atoms with Gasteiger partial charge in [-0.25, -0.2) is 0 Å². The molecule has 0 aromatic carbocycles. The van der Waals surface area contributed by atoms with Crippen LogP contribution in [0.3, 0.4) is 0 Å². The van der Waals surface area contributed by atoms with Crippen molar-refractivity contribution >= 4 is 23.9 Å². The average Bonchev–Trinajstić information content (AvgIpc) is 3.17. The molecular formula is C20H27NO10. The number of esters is 4. The molecule has 0 amide bonds. The summed E-state index contributed by atoms with van der Waals surface area (Å²) in [5.74, 6) is -2.64. The number of carbonyl (C=O) groups is 4. The molecule has 0 N–H and O–H groups in total. The molecule has 1 aliphatic heterocycles. The predicted octanol–water partition coefficient (Wildman–Crippen LogP) is 0.588. The molecule has 0 spiro atoms. The fraction of sp³-hybridized carbons (Fsp3) is 0.600. The Kier molecular flexibility index (Phi) is 9.01. The highest BCUT2D eigenvalue weighted by molar-refractivity contribution is 5.68. The predicted molar refractivity (Wildman–Crippen MR) is 102 cm³/mol. The lowest BCUT2D eigenvalue weighted by atomic mass is 9.98. The van der Waals surface area contributed by atoms with Crippen molar-refractivity contribution in [3.8, 4) is 0 Å². The third-order valence-electron chi connectivity index (χ3n) is 4.25. The van der Waals surface area contributed by atoms with Gasteiger partial charge in [0.2, 0.25) is 0 Å². The second-order valence-electron chi connectivity index (χ2n) is 6.86. The maximum Gasteiger partial charge on any atom is 0.303 e. The van der Waals surface area contributed by atoms with Gasteiger partial charge in [-0.05, 0) is 12.1 Å². The fourth-order valence-electron chi connectivity index (χ4n) is 3.12. The highest BCUT2D eigenvalue weighted by Gasteiger charge is 2.52. The minimum atomic E-state index is -1.24. The number of hydrogen-bond donors (Lipinski definition) is 0. The zero-order chi connectivity index (χ0) is 23.0. The van der Waals surface area contributed by atoms with Gasteiger partial charge in [0.1, 0.15) is 12.7 Å². The monoisotopic (exact) mass is 441 g/mol. The van der Waals surface area contributed by atoms with Gasteiger partial charge in [0.15, 0.2) is 24.6 Å². The lowest BCUT2D eigenvalue weighted by molar-refractivity contribution is -0.308. The molecule has 1 aromatic rings. The normalized spacial score (nSPS) is 25.4. The van der Waals surface area contributed by atoms with Crippen LogP contribution in [0.25, 0.3) is 0 Å². The first kappa shape index (κ1) is 24.4. The average molecular weight is 441 g/mol. The number of aromatic nitrogens is 1. The van der Waals surface area contributed by atoms with Crippen molar-refractivity contribution < 1.29 is 47.6 Å². The molecule has 31 heavy (non-hydrogen) atoms. The maximum absolute atomic E-state index is 11.8. The highest BCUT2D eigenvalue weighted by atomic mass is 16.7. The molecule has 172 valence electrons. The van der Waals surface area contributed by atoms with Gasteiger partial charge >= 0.3 is 23.9 Å². The standard InChI is InChI=1S/C20H27NO10/c1-12(22)27-11-16-17(28-13(2)23)18(29-14(3)24)19(30-15(4)25)20(31-16)26-10-9-21-7-5-6-8-21/h5-8,16-20H,9-11H2,1-4H3/t16?,17-,18?,19?,20-/m1/s1. The van der Waals surface area contributed by atoms with Crippen molar-refractivity contribution in [2.75, 3.05) is 13.2 Å². The molecule has 2 heterocycles. The molecule has 1 aromatic heterocycles. The van der Waals surface area contributed by atoms with Crippen LogP contribution in [0.5, 0.6) is 0 Å². The van der Waals surface area contributed by atoms with E-state index in [1.165, 1.54) is 13.8 Å². The largest absolute Gasteiger partial charge is 0.463 e. The van der Waals surface area contributed by atoms with E-state index in [4.69, 9.17) is 28.4 Å². The topological polar surface area (TPSA) is 129 Å². The van der Waals surface area contributed by atoms with Crippen molar-refractivity contribution in [2.45, 2.75) is 64.9 Å². The molecule has 0 aliphatic carbocycles. The van der Waals surface area contributed by atoms with E-state index in [1.807, 2.05) is 29.1 Å². The van der Waals surface area contributed by atoms with Crippen molar-refractivity contribution in [1.82, 2.24) is 4.57 Å². The zero-order valence-corrected chi connectivity index (χ0v) is 17.8. The molecule has 0 saturated carbocycles. The van der Waals surface area contributed by atoms with Crippen LogP contribution in [-0.4, -0.2) is 72.4 Å². The van der Waals surface area contributed by atoms with E-state index in [-0.39, 0.29) is 13.2 Å². The van der Waals surface area contributed by atoms with Crippen LogP contribution in [0.2, 0.25) is 0 Å². The Balaban J connectivity index is 2.28. The lowest BCUT2D eigenvalue weighted by Gasteiger charge is -2.44. The molecular weight excluding hydrogens is 414 g/mol. The minimum Gasteiger partial charge on any atom is -0.463 e. The number of rotatable bonds is 9. The third kappa shape index (κ3) is 7.68. The van der Waals surface area contributed by atoms with E-state index in [2.05, 4.69) is 0 Å². The highest BCUT2D eigenvalue weighted by Crippen LogP contribution is 2.30. The maximum atomic E-state index is 11.8. The molecule has 2 rings (SSSR count). The summed E-state index contributed by atoms with van der Waals surface area (Å²) in [6, 6.07) is 3.71. The molecule has 11 nitrogen and oxygen atoms in total. The summed E-state index contributed by atoms with van der Waals surface area (Å²) in [7, 11) is 0. The van der Waals surface area contributed by atoms with Crippen LogP contribution in [0.1, 0.15) is 27.7 Å². The van der Waals surface area contributed by atoms with Crippen molar-refractivity contribution in [3.05, 3.63) is 24.5 Å². The quantitative estimate of drug-likeness (QED) is 0.396. The molecule has 5 atom stereocenters. The van der Waals surface area contributed by atoms with Gasteiger partial charge in [0.25, 0.3) is 0 Å². The SMILES string of the molecule is CC(=O)OCC1O[C@@H](OCCn2cccc2)C(OC(C)=O)C(OC(C)=O)[C@@H]1OC(C)=O. The van der Waals surface area contributed by atoms with Gasteiger partial charge in [-0.15, -0.1) is 0 Å². The summed E-state index contributed by atoms with van der Waals surface area (Å²) < 4.78 is 34.4. The number of carbonyl (C=O) groups excluding carboxylic acids is 4. The van der Waals surface area contributed by atoms with Gasteiger partial charge in [-0.2, -0.15) is 0 Å². The van der Waals surface area contributed by atoms with Crippen molar-refractivity contribution in [2.24, 2.45) is 0 Å². The molecule has 1 fully saturated rings. The van der Waals surface area contributed by atoms with Crippen LogP contribution in [0, 0.1) is 0 Å². The van der Waals surface area contributed by atoms with Crippen LogP contribution in [-0.2, 0) is 54.1 Å².